The topological polar surface area (TPSA) is 75.6 Å². The maximum atomic E-state index is 11.8. The molecular weight excluding hydrogens is 246 g/mol. The number of aliphatic carboxylic acids is 1. The van der Waals surface area contributed by atoms with Crippen molar-refractivity contribution in [1.82, 2.24) is 5.32 Å². The van der Waals surface area contributed by atoms with Crippen LogP contribution in [0.3, 0.4) is 0 Å². The third-order valence-corrected chi connectivity index (χ3v) is 3.14. The molecular formula is C14H17NO4. The lowest BCUT2D eigenvalue weighted by molar-refractivity contribution is -0.140. The van der Waals surface area contributed by atoms with Gasteiger partial charge in [0.25, 0.3) is 0 Å². The molecule has 1 fully saturated rings. The van der Waals surface area contributed by atoms with Gasteiger partial charge in [0, 0.05) is 18.0 Å². The second kappa shape index (κ2) is 5.73. The number of methoxy groups -OCH3 is 1. The number of carboxylic acid groups (broad SMARTS) is 1. The minimum Gasteiger partial charge on any atom is -0.496 e. The van der Waals surface area contributed by atoms with Crippen molar-refractivity contribution < 1.29 is 19.4 Å². The molecule has 0 aromatic heterocycles. The fourth-order valence-corrected chi connectivity index (χ4v) is 1.98. The minimum absolute atomic E-state index is 0.0633. The van der Waals surface area contributed by atoms with Crippen LogP contribution in [-0.2, 0) is 9.59 Å². The first kappa shape index (κ1) is 13.4. The first-order valence-corrected chi connectivity index (χ1v) is 6.27. The predicted octanol–water partition coefficient (Wildman–Crippen LogP) is 1.53. The van der Waals surface area contributed by atoms with E-state index in [9.17, 15) is 14.7 Å². The molecule has 0 bridgehead atoms. The number of amides is 1. The fourth-order valence-electron chi connectivity index (χ4n) is 1.98. The number of ether oxygens (including phenoxy) is 1. The summed E-state index contributed by atoms with van der Waals surface area (Å²) in [4.78, 5) is 23.1. The Bertz CT molecular complexity index is 482. The van der Waals surface area contributed by atoms with Crippen molar-refractivity contribution in [1.29, 1.82) is 0 Å². The molecule has 102 valence electrons. The second-order valence-electron chi connectivity index (χ2n) is 4.68. The van der Waals surface area contributed by atoms with Gasteiger partial charge in [-0.05, 0) is 18.9 Å². The van der Waals surface area contributed by atoms with E-state index in [-0.39, 0.29) is 18.4 Å². The van der Waals surface area contributed by atoms with Gasteiger partial charge in [-0.2, -0.15) is 0 Å². The van der Waals surface area contributed by atoms with Crippen LogP contribution in [0.5, 0.6) is 5.75 Å². The number of hydrogen-bond donors (Lipinski definition) is 2. The normalized spacial score (nSPS) is 15.6. The van der Waals surface area contributed by atoms with E-state index in [0.717, 1.165) is 12.8 Å². The Hall–Kier alpha value is -2.04. The molecule has 2 N–H and O–H groups in total. The molecule has 1 aromatic rings. The quantitative estimate of drug-likeness (QED) is 0.816. The van der Waals surface area contributed by atoms with Gasteiger partial charge in [-0.3, -0.25) is 9.59 Å². The van der Waals surface area contributed by atoms with E-state index in [1.54, 1.807) is 24.3 Å². The van der Waals surface area contributed by atoms with Crippen molar-refractivity contribution in [2.75, 3.05) is 7.11 Å². The van der Waals surface area contributed by atoms with Gasteiger partial charge < -0.3 is 15.2 Å². The first-order valence-electron chi connectivity index (χ1n) is 6.27. The molecule has 19 heavy (non-hydrogen) atoms. The maximum Gasteiger partial charge on any atom is 0.311 e. The molecule has 2 rings (SSSR count). The average molecular weight is 263 g/mol. The molecule has 1 unspecified atom stereocenters. The summed E-state index contributed by atoms with van der Waals surface area (Å²) in [6, 6.07) is 7.13. The molecule has 1 aliphatic carbocycles. The monoisotopic (exact) mass is 263 g/mol. The summed E-state index contributed by atoms with van der Waals surface area (Å²) in [5.74, 6) is -1.62. The number of carbonyl (C=O) groups is 2. The Morgan fingerprint density at radius 3 is 2.68 bits per heavy atom. The number of benzene rings is 1. The number of carbonyl (C=O) groups excluding carboxylic acids is 1. The lowest BCUT2D eigenvalue weighted by Gasteiger charge is -2.15. The highest BCUT2D eigenvalue weighted by Gasteiger charge is 2.29. The van der Waals surface area contributed by atoms with Gasteiger partial charge >= 0.3 is 5.97 Å². The summed E-state index contributed by atoms with van der Waals surface area (Å²) in [6.45, 7) is 0. The molecule has 1 aliphatic rings. The van der Waals surface area contributed by atoms with Crippen LogP contribution in [0.1, 0.15) is 30.7 Å². The third kappa shape index (κ3) is 3.47. The van der Waals surface area contributed by atoms with Crippen LogP contribution in [0, 0.1) is 0 Å². The SMILES string of the molecule is COc1ccccc1C(CC(=O)NC1CC1)C(=O)O. The fraction of sp³-hybridized carbons (Fsp3) is 0.429. The highest BCUT2D eigenvalue weighted by molar-refractivity contribution is 5.86. The van der Waals surface area contributed by atoms with E-state index in [1.165, 1.54) is 7.11 Å². The van der Waals surface area contributed by atoms with Gasteiger partial charge in [0.1, 0.15) is 5.75 Å². The van der Waals surface area contributed by atoms with Crippen molar-refractivity contribution in [3.8, 4) is 5.75 Å². The van der Waals surface area contributed by atoms with Crippen LogP contribution < -0.4 is 10.1 Å². The van der Waals surface area contributed by atoms with Gasteiger partial charge in [0.05, 0.1) is 13.0 Å². The van der Waals surface area contributed by atoms with Crippen LogP contribution >= 0.6 is 0 Å². The van der Waals surface area contributed by atoms with Crippen molar-refractivity contribution >= 4 is 11.9 Å². The summed E-state index contributed by atoms with van der Waals surface area (Å²) >= 11 is 0. The zero-order valence-corrected chi connectivity index (χ0v) is 10.8. The lowest BCUT2D eigenvalue weighted by atomic mass is 9.94. The lowest BCUT2D eigenvalue weighted by Crippen LogP contribution is -2.29. The summed E-state index contributed by atoms with van der Waals surface area (Å²) in [5, 5.41) is 12.1. The standard InChI is InChI=1S/C14H17NO4/c1-19-12-5-3-2-4-10(12)11(14(17)18)8-13(16)15-9-6-7-9/h2-5,9,11H,6-8H2,1H3,(H,15,16)(H,17,18). The van der Waals surface area contributed by atoms with Crippen molar-refractivity contribution in [2.45, 2.75) is 31.2 Å². The Balaban J connectivity index is 2.14. The Morgan fingerprint density at radius 2 is 2.11 bits per heavy atom. The van der Waals surface area contributed by atoms with E-state index >= 15 is 0 Å². The van der Waals surface area contributed by atoms with Crippen molar-refractivity contribution in [3.63, 3.8) is 0 Å². The Labute approximate surface area is 111 Å². The molecule has 0 spiro atoms. The average Bonchev–Trinajstić information content (AvgIpc) is 3.19. The highest BCUT2D eigenvalue weighted by atomic mass is 16.5. The van der Waals surface area contributed by atoms with Gasteiger partial charge in [0.2, 0.25) is 5.91 Å². The summed E-state index contributed by atoms with van der Waals surface area (Å²) in [7, 11) is 1.49. The Kier molecular flexibility index (Phi) is 4.04. The molecule has 1 saturated carbocycles. The molecule has 1 atom stereocenters. The van der Waals surface area contributed by atoms with E-state index in [4.69, 9.17) is 4.74 Å². The second-order valence-corrected chi connectivity index (χ2v) is 4.68. The molecule has 0 radical (unpaired) electrons. The van der Waals surface area contributed by atoms with Crippen molar-refractivity contribution in [2.24, 2.45) is 0 Å². The third-order valence-electron chi connectivity index (χ3n) is 3.14. The van der Waals surface area contributed by atoms with E-state index in [0.29, 0.717) is 11.3 Å². The Morgan fingerprint density at radius 1 is 1.42 bits per heavy atom. The molecule has 0 aliphatic heterocycles. The van der Waals surface area contributed by atoms with Gasteiger partial charge in [-0.25, -0.2) is 0 Å². The predicted molar refractivity (Wildman–Crippen MR) is 69.2 cm³/mol. The number of nitrogens with one attached hydrogen (secondary N) is 1. The maximum absolute atomic E-state index is 11.8. The molecule has 1 amide bonds. The number of para-hydroxylation sites is 1. The number of carboxylic acids is 1. The molecule has 0 saturated heterocycles. The smallest absolute Gasteiger partial charge is 0.311 e. The minimum atomic E-state index is -1.02. The largest absolute Gasteiger partial charge is 0.496 e. The molecule has 1 aromatic carbocycles. The summed E-state index contributed by atoms with van der Waals surface area (Å²) in [5.41, 5.74) is 0.531. The zero-order valence-electron chi connectivity index (χ0n) is 10.8. The molecule has 5 nitrogen and oxygen atoms in total. The van der Waals surface area contributed by atoms with Crippen LogP contribution in [0.4, 0.5) is 0 Å². The number of hydrogen-bond acceptors (Lipinski definition) is 3. The highest BCUT2D eigenvalue weighted by Crippen LogP contribution is 2.29. The van der Waals surface area contributed by atoms with Crippen LogP contribution in [0.2, 0.25) is 0 Å². The van der Waals surface area contributed by atoms with Crippen LogP contribution in [-0.4, -0.2) is 30.1 Å². The van der Waals surface area contributed by atoms with Crippen LogP contribution in [0.15, 0.2) is 24.3 Å². The van der Waals surface area contributed by atoms with Gasteiger partial charge in [-0.15, -0.1) is 0 Å². The first-order chi connectivity index (χ1) is 9.11. The number of rotatable bonds is 6. The van der Waals surface area contributed by atoms with Crippen LogP contribution in [0.25, 0.3) is 0 Å². The van der Waals surface area contributed by atoms with E-state index in [2.05, 4.69) is 5.32 Å². The van der Waals surface area contributed by atoms with Gasteiger partial charge in [-0.1, -0.05) is 18.2 Å². The molecule has 0 heterocycles. The van der Waals surface area contributed by atoms with Crippen molar-refractivity contribution in [3.05, 3.63) is 29.8 Å². The molecule has 5 heteroatoms. The summed E-state index contributed by atoms with van der Waals surface area (Å²) < 4.78 is 5.16. The van der Waals surface area contributed by atoms with Gasteiger partial charge in [0.15, 0.2) is 0 Å². The zero-order chi connectivity index (χ0) is 13.8. The summed E-state index contributed by atoms with van der Waals surface area (Å²) in [6.07, 6.45) is 1.91. The van der Waals surface area contributed by atoms with E-state index in [1.807, 2.05) is 0 Å². The van der Waals surface area contributed by atoms with E-state index < -0.39 is 11.9 Å².